The summed E-state index contributed by atoms with van der Waals surface area (Å²) < 4.78 is 47.2. The maximum absolute atomic E-state index is 13.8. The number of nitrogens with zero attached hydrogens (tertiary/aromatic N) is 5. The molecule has 2 aromatic heterocycles. The highest BCUT2D eigenvalue weighted by atomic mass is 19.4. The summed E-state index contributed by atoms with van der Waals surface area (Å²) in [5.74, 6) is 1.42. The summed E-state index contributed by atoms with van der Waals surface area (Å²) in [7, 11) is 1.89. The molecule has 1 aliphatic carbocycles. The van der Waals surface area contributed by atoms with E-state index in [9.17, 15) is 18.0 Å². The zero-order valence-electron chi connectivity index (χ0n) is 19.7. The summed E-state index contributed by atoms with van der Waals surface area (Å²) in [6.07, 6.45) is -0.716. The van der Waals surface area contributed by atoms with Crippen molar-refractivity contribution in [1.29, 1.82) is 0 Å². The Morgan fingerprint density at radius 2 is 2.00 bits per heavy atom. The monoisotopic (exact) mass is 498 g/mol. The van der Waals surface area contributed by atoms with E-state index in [0.29, 0.717) is 53.4 Å². The first-order valence-corrected chi connectivity index (χ1v) is 11.9. The third-order valence-electron chi connectivity index (χ3n) is 7.16. The molecule has 3 aliphatic rings. The number of benzene rings is 1. The Balaban J connectivity index is 1.43. The Kier molecular flexibility index (Phi) is 5.29. The number of carbonyl (C=O) groups is 1. The fraction of sp³-hybridized carbons (Fsp3) is 0.440. The van der Waals surface area contributed by atoms with Crippen molar-refractivity contribution in [3.05, 3.63) is 47.4 Å². The zero-order chi connectivity index (χ0) is 25.1. The minimum Gasteiger partial charge on any atom is -0.492 e. The Morgan fingerprint density at radius 1 is 1.17 bits per heavy atom. The number of hydrogen-bond donors (Lipinski definition) is 1. The smallest absolute Gasteiger partial charge is 0.419 e. The van der Waals surface area contributed by atoms with E-state index in [2.05, 4.69) is 10.3 Å². The predicted molar refractivity (Wildman–Crippen MR) is 127 cm³/mol. The number of piperazine rings is 1. The van der Waals surface area contributed by atoms with Crippen molar-refractivity contribution in [2.24, 2.45) is 5.41 Å². The Hall–Kier alpha value is -3.47. The summed E-state index contributed by atoms with van der Waals surface area (Å²) in [6, 6.07) is 5.86. The predicted octanol–water partition coefficient (Wildman–Crippen LogP) is 3.65. The number of anilines is 2. The molecule has 2 aliphatic heterocycles. The fourth-order valence-corrected chi connectivity index (χ4v) is 4.87. The number of likely N-dealkylation sites (N-methyl/N-ethyl adjacent to an activating group) is 1. The summed E-state index contributed by atoms with van der Waals surface area (Å²) in [4.78, 5) is 30.2. The van der Waals surface area contributed by atoms with E-state index in [0.717, 1.165) is 25.5 Å². The molecule has 1 spiro atoms. The van der Waals surface area contributed by atoms with Crippen LogP contribution in [0.3, 0.4) is 0 Å². The van der Waals surface area contributed by atoms with Gasteiger partial charge in [-0.2, -0.15) is 13.2 Å². The van der Waals surface area contributed by atoms with Gasteiger partial charge in [-0.3, -0.25) is 14.6 Å². The van der Waals surface area contributed by atoms with Crippen molar-refractivity contribution in [1.82, 2.24) is 19.9 Å². The van der Waals surface area contributed by atoms with Gasteiger partial charge in [0.05, 0.1) is 30.4 Å². The molecule has 2 fully saturated rings. The highest BCUT2D eigenvalue weighted by molar-refractivity contribution is 5.98. The Bertz CT molecular complexity index is 1360. The highest BCUT2D eigenvalue weighted by Crippen LogP contribution is 2.49. The summed E-state index contributed by atoms with van der Waals surface area (Å²) in [5.41, 5.74) is -0.0442. The Labute approximate surface area is 205 Å². The molecule has 1 saturated carbocycles. The number of amides is 1. The molecule has 0 radical (unpaired) electrons. The number of nitrogens with one attached hydrogen (secondary N) is 1. The van der Waals surface area contributed by atoms with Gasteiger partial charge in [-0.05, 0) is 32.0 Å². The van der Waals surface area contributed by atoms with Crippen LogP contribution in [0.2, 0.25) is 0 Å². The lowest BCUT2D eigenvalue weighted by Crippen LogP contribution is -2.49. The van der Waals surface area contributed by atoms with E-state index in [4.69, 9.17) is 14.7 Å². The van der Waals surface area contributed by atoms with E-state index >= 15 is 0 Å². The lowest BCUT2D eigenvalue weighted by molar-refractivity contribution is -0.139. The van der Waals surface area contributed by atoms with E-state index in [1.165, 1.54) is 6.07 Å². The standard InChI is InChI=1S/C25H25F3N6O2/c1-33-7-8-34(21(35)13-33)20-9-16-18(12-29-20)31-19-10-24(5-6-24)14-36-22-15(11-30-23(16)32-19)3-2-4-17(22)25(26,27)28/h2-4,9,12H,5-8,10-11,13-14H2,1H3,(H,30,31,32). The molecule has 188 valence electrons. The number of para-hydroxylation sites is 1. The van der Waals surface area contributed by atoms with Gasteiger partial charge in [-0.15, -0.1) is 0 Å². The highest BCUT2D eigenvalue weighted by Gasteiger charge is 2.45. The lowest BCUT2D eigenvalue weighted by atomic mass is 10.0. The topological polar surface area (TPSA) is 83.5 Å². The number of aromatic nitrogens is 3. The van der Waals surface area contributed by atoms with Crippen molar-refractivity contribution in [2.75, 3.05) is 43.5 Å². The molecular formula is C25H25F3N6O2. The second-order valence-electron chi connectivity index (χ2n) is 9.94. The normalized spacial score (nSPS) is 19.9. The average Bonchev–Trinajstić information content (AvgIpc) is 3.59. The van der Waals surface area contributed by atoms with Crippen molar-refractivity contribution in [2.45, 2.75) is 32.0 Å². The molecule has 0 atom stereocenters. The molecule has 11 heteroatoms. The maximum Gasteiger partial charge on any atom is 0.419 e. The number of alkyl halides is 3. The van der Waals surface area contributed by atoms with Crippen molar-refractivity contribution < 1.29 is 22.7 Å². The summed E-state index contributed by atoms with van der Waals surface area (Å²) in [5, 5.41) is 3.88. The van der Waals surface area contributed by atoms with Gasteiger partial charge in [-0.25, -0.2) is 15.0 Å². The second kappa shape index (κ2) is 8.29. The summed E-state index contributed by atoms with van der Waals surface area (Å²) in [6.45, 7) is 1.81. The molecule has 2 bridgehead atoms. The fourth-order valence-electron chi connectivity index (χ4n) is 4.87. The van der Waals surface area contributed by atoms with Gasteiger partial charge in [0, 0.05) is 42.4 Å². The molecule has 36 heavy (non-hydrogen) atoms. The minimum absolute atomic E-state index is 0.0463. The molecule has 6 rings (SSSR count). The van der Waals surface area contributed by atoms with Gasteiger partial charge < -0.3 is 10.1 Å². The van der Waals surface area contributed by atoms with Crippen LogP contribution in [0.4, 0.5) is 24.8 Å². The van der Waals surface area contributed by atoms with Crippen LogP contribution in [0.5, 0.6) is 5.75 Å². The molecule has 4 heterocycles. The number of carbonyl (C=O) groups excluding carboxylic acids is 1. The SMILES string of the molecule is CN1CCN(c2cc3c4nc(nc3cn2)CC2(CC2)COc2c(cccc2C(F)(F)F)CN4)C(=O)C1. The van der Waals surface area contributed by atoms with Crippen molar-refractivity contribution in [3.8, 4) is 5.75 Å². The van der Waals surface area contributed by atoms with Crippen molar-refractivity contribution in [3.63, 3.8) is 0 Å². The van der Waals surface area contributed by atoms with Gasteiger partial charge in [0.1, 0.15) is 23.2 Å². The molecule has 0 unspecified atom stereocenters. The number of pyridine rings is 1. The van der Waals surface area contributed by atoms with Gasteiger partial charge in [0.2, 0.25) is 5.91 Å². The molecule has 1 N–H and O–H groups in total. The number of rotatable bonds is 1. The van der Waals surface area contributed by atoms with Crippen LogP contribution in [0.15, 0.2) is 30.5 Å². The number of halogens is 3. The van der Waals surface area contributed by atoms with Gasteiger partial charge in [0.25, 0.3) is 0 Å². The average molecular weight is 499 g/mol. The molecular weight excluding hydrogens is 473 g/mol. The maximum atomic E-state index is 13.8. The van der Waals surface area contributed by atoms with Gasteiger partial charge >= 0.3 is 6.18 Å². The van der Waals surface area contributed by atoms with Crippen LogP contribution in [-0.4, -0.2) is 59.0 Å². The van der Waals surface area contributed by atoms with Crippen LogP contribution in [-0.2, 0) is 23.9 Å². The van der Waals surface area contributed by atoms with Crippen LogP contribution in [0.1, 0.15) is 29.8 Å². The number of hydrogen-bond acceptors (Lipinski definition) is 7. The second-order valence-corrected chi connectivity index (χ2v) is 9.94. The van der Waals surface area contributed by atoms with Gasteiger partial charge in [-0.1, -0.05) is 12.1 Å². The van der Waals surface area contributed by atoms with Crippen LogP contribution >= 0.6 is 0 Å². The first-order chi connectivity index (χ1) is 17.2. The quantitative estimate of drug-likeness (QED) is 0.549. The van der Waals surface area contributed by atoms with E-state index in [-0.39, 0.29) is 30.2 Å². The van der Waals surface area contributed by atoms with Gasteiger partial charge in [0.15, 0.2) is 0 Å². The third kappa shape index (κ3) is 4.21. The van der Waals surface area contributed by atoms with Crippen molar-refractivity contribution >= 4 is 28.4 Å². The zero-order valence-corrected chi connectivity index (χ0v) is 19.7. The molecule has 1 aromatic carbocycles. The van der Waals surface area contributed by atoms with Crippen LogP contribution in [0, 0.1) is 5.41 Å². The first-order valence-electron chi connectivity index (χ1n) is 11.9. The molecule has 1 amide bonds. The molecule has 3 aromatic rings. The first kappa shape index (κ1) is 23.0. The molecule has 1 saturated heterocycles. The minimum atomic E-state index is -4.53. The van der Waals surface area contributed by atoms with E-state index in [1.807, 2.05) is 11.9 Å². The van der Waals surface area contributed by atoms with E-state index < -0.39 is 11.7 Å². The Morgan fingerprint density at radius 3 is 2.75 bits per heavy atom. The third-order valence-corrected chi connectivity index (χ3v) is 7.16. The van der Waals surface area contributed by atoms with Crippen LogP contribution < -0.4 is 15.0 Å². The number of fused-ring (bicyclic) bond motifs is 5. The summed E-state index contributed by atoms with van der Waals surface area (Å²) >= 11 is 0. The lowest BCUT2D eigenvalue weighted by Gasteiger charge is -2.31. The van der Waals surface area contributed by atoms with E-state index in [1.54, 1.807) is 23.2 Å². The van der Waals surface area contributed by atoms with Crippen LogP contribution in [0.25, 0.3) is 10.9 Å². The number of ether oxygens (including phenoxy) is 1. The molecule has 8 nitrogen and oxygen atoms in total. The largest absolute Gasteiger partial charge is 0.492 e.